The third-order valence-electron chi connectivity index (χ3n) is 7.22. The Labute approximate surface area is 273 Å². The Kier molecular flexibility index (Phi) is 8.16. The number of rotatable bonds is 9. The van der Waals surface area contributed by atoms with Crippen molar-refractivity contribution in [3.8, 4) is 28.4 Å². The van der Waals surface area contributed by atoms with Crippen molar-refractivity contribution in [3.05, 3.63) is 152 Å². The zero-order valence-electron chi connectivity index (χ0n) is 24.6. The molecule has 0 unspecified atom stereocenters. The zero-order valence-corrected chi connectivity index (χ0v) is 26.2. The summed E-state index contributed by atoms with van der Waals surface area (Å²) in [6, 6.07) is 32.8. The summed E-state index contributed by atoms with van der Waals surface area (Å²) in [6.07, 6.45) is 7.45. The molecule has 10 heteroatoms. The maximum Gasteiger partial charge on any atom is 0.291 e. The second-order valence-electron chi connectivity index (χ2n) is 10.3. The van der Waals surface area contributed by atoms with Gasteiger partial charge in [0, 0.05) is 22.3 Å². The smallest absolute Gasteiger partial charge is 0.291 e. The van der Waals surface area contributed by atoms with Gasteiger partial charge in [0.1, 0.15) is 23.8 Å². The number of nitrogens with zero attached hydrogens (tertiary/aromatic N) is 5. The van der Waals surface area contributed by atoms with Gasteiger partial charge in [0.05, 0.1) is 17.3 Å². The summed E-state index contributed by atoms with van der Waals surface area (Å²) >= 11 is 7.31. The lowest BCUT2D eigenvalue weighted by Crippen LogP contribution is -2.23. The van der Waals surface area contributed by atoms with E-state index in [1.807, 2.05) is 126 Å². The molecule has 46 heavy (non-hydrogen) atoms. The third-order valence-corrected chi connectivity index (χ3v) is 8.43. The largest absolute Gasteiger partial charge is 0.497 e. The summed E-state index contributed by atoms with van der Waals surface area (Å²) in [7, 11) is 1.63. The summed E-state index contributed by atoms with van der Waals surface area (Å²) in [5.74, 6) is 1.94. The van der Waals surface area contributed by atoms with Gasteiger partial charge >= 0.3 is 0 Å². The van der Waals surface area contributed by atoms with Crippen LogP contribution in [0.3, 0.4) is 0 Å². The van der Waals surface area contributed by atoms with Crippen LogP contribution in [0.5, 0.6) is 11.5 Å². The van der Waals surface area contributed by atoms with Crippen molar-refractivity contribution in [3.63, 3.8) is 0 Å². The van der Waals surface area contributed by atoms with E-state index in [9.17, 15) is 4.79 Å². The van der Waals surface area contributed by atoms with Crippen LogP contribution in [0.25, 0.3) is 40.1 Å². The number of fused-ring (bicyclic) bond motifs is 1. The molecule has 0 aliphatic heterocycles. The van der Waals surface area contributed by atoms with E-state index >= 15 is 0 Å². The number of aromatic nitrogens is 5. The fourth-order valence-electron chi connectivity index (χ4n) is 4.86. The Morgan fingerprint density at radius 2 is 1.67 bits per heavy atom. The van der Waals surface area contributed by atoms with Gasteiger partial charge in [0.25, 0.3) is 5.56 Å². The van der Waals surface area contributed by atoms with Crippen molar-refractivity contribution in [2.75, 3.05) is 7.11 Å². The normalized spacial score (nSPS) is 11.9. The Hall–Kier alpha value is -5.51. The first-order valence-corrected chi connectivity index (χ1v) is 15.6. The van der Waals surface area contributed by atoms with Crippen molar-refractivity contribution in [2.24, 2.45) is 0 Å². The van der Waals surface area contributed by atoms with Crippen LogP contribution in [0, 0.1) is 0 Å². The van der Waals surface area contributed by atoms with Crippen LogP contribution in [0.4, 0.5) is 0 Å². The molecule has 0 N–H and O–H groups in total. The molecule has 7 aromatic rings. The van der Waals surface area contributed by atoms with Crippen molar-refractivity contribution >= 4 is 46.1 Å². The zero-order chi connectivity index (χ0) is 31.5. The SMILES string of the molecule is COc1ccc(/C=C/c2nc3s/c(=C\c4cn(-c5ccccc5)nc4-c4cccc(OCc5ccc(Cl)cc5)c4)c(=O)n3n2)cc1. The summed E-state index contributed by atoms with van der Waals surface area (Å²) in [5, 5.41) is 10.1. The highest BCUT2D eigenvalue weighted by Crippen LogP contribution is 2.28. The van der Waals surface area contributed by atoms with E-state index < -0.39 is 0 Å². The number of ether oxygens (including phenoxy) is 2. The van der Waals surface area contributed by atoms with Gasteiger partial charge < -0.3 is 9.47 Å². The van der Waals surface area contributed by atoms with Gasteiger partial charge in [-0.1, -0.05) is 83.6 Å². The lowest BCUT2D eigenvalue weighted by Gasteiger charge is -2.08. The minimum absolute atomic E-state index is 0.241. The average molecular weight is 644 g/mol. The standard InChI is InChI=1S/C36H26ClN5O3S/c1-44-30-17-12-24(13-18-30)14-19-33-38-36-42(39-33)35(43)32(46-36)21-27-22-41(29-7-3-2-4-8-29)40-34(27)26-6-5-9-31(20-26)45-23-25-10-15-28(37)16-11-25/h2-22H,23H2,1H3/b19-14+,32-21-. The van der Waals surface area contributed by atoms with E-state index in [2.05, 4.69) is 10.1 Å². The van der Waals surface area contributed by atoms with Crippen LogP contribution in [0.1, 0.15) is 22.5 Å². The first-order valence-electron chi connectivity index (χ1n) is 14.4. The lowest BCUT2D eigenvalue weighted by molar-refractivity contribution is 0.306. The molecular weight excluding hydrogens is 618 g/mol. The number of hydrogen-bond donors (Lipinski definition) is 0. The molecule has 0 amide bonds. The topological polar surface area (TPSA) is 83.5 Å². The minimum atomic E-state index is -0.241. The predicted molar refractivity (Wildman–Crippen MR) is 183 cm³/mol. The van der Waals surface area contributed by atoms with Gasteiger partial charge in [-0.3, -0.25) is 4.79 Å². The molecule has 0 saturated carbocycles. The molecule has 0 radical (unpaired) electrons. The van der Waals surface area contributed by atoms with Gasteiger partial charge in [0.2, 0.25) is 4.96 Å². The average Bonchev–Trinajstić information content (AvgIpc) is 3.78. The van der Waals surface area contributed by atoms with Crippen LogP contribution < -0.4 is 19.6 Å². The summed E-state index contributed by atoms with van der Waals surface area (Å²) in [4.78, 5) is 18.5. The Bertz CT molecular complexity index is 2280. The molecule has 3 aromatic heterocycles. The maximum absolute atomic E-state index is 13.5. The van der Waals surface area contributed by atoms with E-state index in [1.54, 1.807) is 13.2 Å². The molecule has 8 nitrogen and oxygen atoms in total. The number of benzene rings is 4. The second-order valence-corrected chi connectivity index (χ2v) is 11.8. The highest BCUT2D eigenvalue weighted by molar-refractivity contribution is 7.15. The molecule has 0 spiro atoms. The predicted octanol–water partition coefficient (Wildman–Crippen LogP) is 6.96. The number of halogens is 1. The fourth-order valence-corrected chi connectivity index (χ4v) is 5.89. The molecule has 7 rings (SSSR count). The molecule has 0 bridgehead atoms. The summed E-state index contributed by atoms with van der Waals surface area (Å²) < 4.78 is 15.0. The first kappa shape index (κ1) is 29.2. The molecule has 0 fully saturated rings. The van der Waals surface area contributed by atoms with E-state index in [-0.39, 0.29) is 5.56 Å². The Balaban J connectivity index is 1.22. The van der Waals surface area contributed by atoms with Crippen molar-refractivity contribution in [1.82, 2.24) is 24.4 Å². The van der Waals surface area contributed by atoms with E-state index in [4.69, 9.17) is 26.2 Å². The third kappa shape index (κ3) is 6.32. The second kappa shape index (κ2) is 12.8. The van der Waals surface area contributed by atoms with Crippen LogP contribution in [-0.4, -0.2) is 31.5 Å². The van der Waals surface area contributed by atoms with E-state index in [1.165, 1.54) is 15.9 Å². The molecule has 0 atom stereocenters. The van der Waals surface area contributed by atoms with Crippen molar-refractivity contribution < 1.29 is 9.47 Å². The van der Waals surface area contributed by atoms with Crippen LogP contribution in [0.2, 0.25) is 5.02 Å². The molecular formula is C36H26ClN5O3S. The maximum atomic E-state index is 13.5. The monoisotopic (exact) mass is 643 g/mol. The first-order chi connectivity index (χ1) is 22.5. The van der Waals surface area contributed by atoms with Crippen LogP contribution in [-0.2, 0) is 6.61 Å². The molecule has 4 aromatic carbocycles. The molecule has 226 valence electrons. The summed E-state index contributed by atoms with van der Waals surface area (Å²) in [5.41, 5.74) is 4.98. The Morgan fingerprint density at radius 3 is 2.43 bits per heavy atom. The van der Waals surface area contributed by atoms with Gasteiger partial charge in [-0.25, -0.2) is 4.68 Å². The molecule has 0 aliphatic carbocycles. The van der Waals surface area contributed by atoms with Crippen LogP contribution in [0.15, 0.2) is 114 Å². The van der Waals surface area contributed by atoms with E-state index in [0.29, 0.717) is 38.4 Å². The summed E-state index contributed by atoms with van der Waals surface area (Å²) in [6.45, 7) is 0.400. The lowest BCUT2D eigenvalue weighted by atomic mass is 10.1. The highest BCUT2D eigenvalue weighted by atomic mass is 35.5. The van der Waals surface area contributed by atoms with Crippen molar-refractivity contribution in [1.29, 1.82) is 0 Å². The highest BCUT2D eigenvalue weighted by Gasteiger charge is 2.15. The Morgan fingerprint density at radius 1 is 0.870 bits per heavy atom. The van der Waals surface area contributed by atoms with Crippen molar-refractivity contribution in [2.45, 2.75) is 6.61 Å². The van der Waals surface area contributed by atoms with Gasteiger partial charge in [-0.2, -0.15) is 14.6 Å². The molecule has 0 aliphatic rings. The van der Waals surface area contributed by atoms with Crippen LogP contribution >= 0.6 is 22.9 Å². The number of methoxy groups -OCH3 is 1. The number of thiazole rings is 1. The van der Waals surface area contributed by atoms with Gasteiger partial charge in [-0.05, 0) is 71.8 Å². The van der Waals surface area contributed by atoms with Gasteiger partial charge in [-0.15, -0.1) is 5.10 Å². The number of hydrogen-bond acceptors (Lipinski definition) is 7. The number of para-hydroxylation sites is 1. The van der Waals surface area contributed by atoms with E-state index in [0.717, 1.165) is 33.7 Å². The molecule has 0 saturated heterocycles. The quantitative estimate of drug-likeness (QED) is 0.169. The van der Waals surface area contributed by atoms with Gasteiger partial charge in [0.15, 0.2) is 5.82 Å². The minimum Gasteiger partial charge on any atom is -0.497 e. The molecule has 3 heterocycles. The fraction of sp³-hybridized carbons (Fsp3) is 0.0556.